The van der Waals surface area contributed by atoms with Crippen LogP contribution in [0, 0.1) is 0 Å². The van der Waals surface area contributed by atoms with Gasteiger partial charge in [-0.25, -0.2) is 4.98 Å². The molecular formula is C19H19N7O. The molecule has 5 rings (SSSR count). The Morgan fingerprint density at radius 2 is 1.78 bits per heavy atom. The highest BCUT2D eigenvalue weighted by Crippen LogP contribution is 2.22. The Kier molecular flexibility index (Phi) is 3.56. The Hall–Kier alpha value is -3.42. The van der Waals surface area contributed by atoms with Crippen LogP contribution in [0.25, 0.3) is 16.6 Å². The highest BCUT2D eigenvalue weighted by atomic mass is 16.1. The molecule has 0 unspecified atom stereocenters. The summed E-state index contributed by atoms with van der Waals surface area (Å²) in [5.74, 6) is 0.883. The van der Waals surface area contributed by atoms with E-state index in [0.29, 0.717) is 5.39 Å². The number of piperazine rings is 1. The minimum atomic E-state index is -0.0185. The van der Waals surface area contributed by atoms with Crippen LogP contribution < -0.4 is 15.4 Å². The Morgan fingerprint density at radius 3 is 2.63 bits per heavy atom. The van der Waals surface area contributed by atoms with Crippen molar-refractivity contribution in [2.24, 2.45) is 7.05 Å². The molecule has 0 bridgehead atoms. The maximum absolute atomic E-state index is 12.2. The van der Waals surface area contributed by atoms with Gasteiger partial charge in [-0.2, -0.15) is 0 Å². The predicted octanol–water partition coefficient (Wildman–Crippen LogP) is 1.30. The fourth-order valence-electron chi connectivity index (χ4n) is 3.60. The Balaban J connectivity index is 1.38. The van der Waals surface area contributed by atoms with Crippen LogP contribution in [-0.4, -0.2) is 50.3 Å². The molecule has 0 spiro atoms. The van der Waals surface area contributed by atoms with E-state index in [1.165, 1.54) is 4.57 Å². The first-order chi connectivity index (χ1) is 13.2. The highest BCUT2D eigenvalue weighted by Gasteiger charge is 2.21. The number of pyridine rings is 1. The zero-order valence-corrected chi connectivity index (χ0v) is 15.0. The van der Waals surface area contributed by atoms with E-state index >= 15 is 0 Å². The summed E-state index contributed by atoms with van der Waals surface area (Å²) in [6, 6.07) is 11.8. The Morgan fingerprint density at radius 1 is 0.963 bits per heavy atom. The average molecular weight is 361 g/mol. The minimum absolute atomic E-state index is 0.0185. The molecule has 0 N–H and O–H groups in total. The van der Waals surface area contributed by atoms with Crippen LogP contribution in [0.4, 0.5) is 11.6 Å². The summed E-state index contributed by atoms with van der Waals surface area (Å²) < 4.78 is 3.52. The largest absolute Gasteiger partial charge is 0.368 e. The molecule has 1 fully saturated rings. The summed E-state index contributed by atoms with van der Waals surface area (Å²) in [7, 11) is 1.72. The summed E-state index contributed by atoms with van der Waals surface area (Å²) in [6.45, 7) is 3.46. The lowest BCUT2D eigenvalue weighted by atomic mass is 10.2. The van der Waals surface area contributed by atoms with Crippen LogP contribution in [0.1, 0.15) is 0 Å². The second-order valence-electron chi connectivity index (χ2n) is 6.77. The number of aromatic nitrogens is 5. The van der Waals surface area contributed by atoms with Crippen molar-refractivity contribution in [1.29, 1.82) is 0 Å². The number of hydrogen-bond donors (Lipinski definition) is 0. The first-order valence-corrected chi connectivity index (χ1v) is 8.96. The van der Waals surface area contributed by atoms with E-state index in [9.17, 15) is 4.79 Å². The second kappa shape index (κ2) is 6.08. The number of hydrogen-bond acceptors (Lipinski definition) is 6. The Bertz CT molecular complexity index is 1190. The lowest BCUT2D eigenvalue weighted by Gasteiger charge is -2.36. The molecule has 1 saturated heterocycles. The number of rotatable bonds is 2. The molecule has 8 nitrogen and oxygen atoms in total. The molecule has 0 radical (unpaired) electrons. The fraction of sp³-hybridized carbons (Fsp3) is 0.263. The molecule has 27 heavy (non-hydrogen) atoms. The van der Waals surface area contributed by atoms with Gasteiger partial charge in [-0.15, -0.1) is 10.2 Å². The van der Waals surface area contributed by atoms with Crippen molar-refractivity contribution in [3.63, 3.8) is 0 Å². The Labute approximate surface area is 155 Å². The first kappa shape index (κ1) is 15.8. The zero-order valence-electron chi connectivity index (χ0n) is 15.0. The second-order valence-corrected chi connectivity index (χ2v) is 6.77. The van der Waals surface area contributed by atoms with Crippen LogP contribution in [0.2, 0.25) is 0 Å². The minimum Gasteiger partial charge on any atom is -0.368 e. The van der Waals surface area contributed by atoms with E-state index in [4.69, 9.17) is 0 Å². The summed E-state index contributed by atoms with van der Waals surface area (Å²) in [5.41, 5.74) is 2.67. The van der Waals surface area contributed by atoms with Gasteiger partial charge >= 0.3 is 0 Å². The quantitative estimate of drug-likeness (QED) is 0.536. The fourth-order valence-corrected chi connectivity index (χ4v) is 3.60. The standard InChI is InChI=1S/C19H19N7O/c1-23-13-20-16-12-14(5-6-15(16)18(23)27)24-8-10-25(11-9-24)19-22-21-17-4-2-3-7-26(17)19/h2-7,12-13H,8-11H2,1H3. The van der Waals surface area contributed by atoms with Gasteiger partial charge in [-0.1, -0.05) is 6.07 Å². The highest BCUT2D eigenvalue weighted by molar-refractivity contribution is 5.81. The van der Waals surface area contributed by atoms with Crippen molar-refractivity contribution in [2.75, 3.05) is 36.0 Å². The van der Waals surface area contributed by atoms with Crippen molar-refractivity contribution in [1.82, 2.24) is 24.1 Å². The number of nitrogens with zero attached hydrogens (tertiary/aromatic N) is 7. The summed E-state index contributed by atoms with van der Waals surface area (Å²) in [4.78, 5) is 21.1. The molecule has 0 amide bonds. The molecule has 0 saturated carbocycles. The molecule has 4 aromatic rings. The monoisotopic (exact) mass is 361 g/mol. The maximum Gasteiger partial charge on any atom is 0.260 e. The predicted molar refractivity (Wildman–Crippen MR) is 104 cm³/mol. The number of benzene rings is 1. The van der Waals surface area contributed by atoms with E-state index in [2.05, 4.69) is 25.0 Å². The van der Waals surface area contributed by atoms with Crippen molar-refractivity contribution < 1.29 is 0 Å². The van der Waals surface area contributed by atoms with E-state index < -0.39 is 0 Å². The number of fused-ring (bicyclic) bond motifs is 2. The van der Waals surface area contributed by atoms with E-state index in [0.717, 1.165) is 49.0 Å². The molecule has 0 aliphatic carbocycles. The topological polar surface area (TPSA) is 71.6 Å². The van der Waals surface area contributed by atoms with Gasteiger partial charge < -0.3 is 14.4 Å². The van der Waals surface area contributed by atoms with Gasteiger partial charge in [0.1, 0.15) is 0 Å². The van der Waals surface area contributed by atoms with Crippen LogP contribution >= 0.6 is 0 Å². The van der Waals surface area contributed by atoms with Gasteiger partial charge in [-0.05, 0) is 30.3 Å². The molecule has 0 atom stereocenters. The van der Waals surface area contributed by atoms with Crippen molar-refractivity contribution >= 4 is 28.2 Å². The van der Waals surface area contributed by atoms with E-state index in [1.807, 2.05) is 47.0 Å². The maximum atomic E-state index is 12.2. The number of anilines is 2. The molecular weight excluding hydrogens is 342 g/mol. The third kappa shape index (κ3) is 2.61. The lowest BCUT2D eigenvalue weighted by molar-refractivity contribution is 0.638. The van der Waals surface area contributed by atoms with Gasteiger partial charge in [0.2, 0.25) is 5.95 Å². The third-order valence-electron chi connectivity index (χ3n) is 5.13. The van der Waals surface area contributed by atoms with Crippen LogP contribution in [0.5, 0.6) is 0 Å². The van der Waals surface area contributed by atoms with Gasteiger partial charge in [0.25, 0.3) is 5.56 Å². The molecule has 3 aromatic heterocycles. The molecule has 1 aliphatic heterocycles. The van der Waals surface area contributed by atoms with Crippen molar-refractivity contribution in [2.45, 2.75) is 0 Å². The average Bonchev–Trinajstić information content (AvgIpc) is 3.15. The third-order valence-corrected chi connectivity index (χ3v) is 5.13. The van der Waals surface area contributed by atoms with E-state index in [-0.39, 0.29) is 5.56 Å². The van der Waals surface area contributed by atoms with Crippen LogP contribution in [-0.2, 0) is 7.05 Å². The molecule has 4 heterocycles. The zero-order chi connectivity index (χ0) is 18.4. The molecule has 136 valence electrons. The van der Waals surface area contributed by atoms with Crippen molar-refractivity contribution in [3.8, 4) is 0 Å². The van der Waals surface area contributed by atoms with E-state index in [1.54, 1.807) is 13.4 Å². The van der Waals surface area contributed by atoms with Gasteiger partial charge in [0, 0.05) is 45.1 Å². The normalized spacial score (nSPS) is 15.0. The van der Waals surface area contributed by atoms with Gasteiger partial charge in [-0.3, -0.25) is 9.20 Å². The van der Waals surface area contributed by atoms with Crippen molar-refractivity contribution in [3.05, 3.63) is 59.3 Å². The SMILES string of the molecule is Cn1cnc2cc(N3CCN(c4nnc5ccccn45)CC3)ccc2c1=O. The smallest absolute Gasteiger partial charge is 0.260 e. The summed E-state index contributed by atoms with van der Waals surface area (Å²) in [6.07, 6.45) is 3.56. The van der Waals surface area contributed by atoms with Gasteiger partial charge in [0.05, 0.1) is 17.2 Å². The molecule has 1 aliphatic rings. The summed E-state index contributed by atoms with van der Waals surface area (Å²) >= 11 is 0. The van der Waals surface area contributed by atoms with Crippen LogP contribution in [0.15, 0.2) is 53.7 Å². The first-order valence-electron chi connectivity index (χ1n) is 8.96. The molecule has 8 heteroatoms. The number of aryl methyl sites for hydroxylation is 1. The van der Waals surface area contributed by atoms with Gasteiger partial charge in [0.15, 0.2) is 5.65 Å². The molecule has 1 aromatic carbocycles. The van der Waals surface area contributed by atoms with Crippen LogP contribution in [0.3, 0.4) is 0 Å². The summed E-state index contributed by atoms with van der Waals surface area (Å²) in [5, 5.41) is 9.24. The lowest BCUT2D eigenvalue weighted by Crippen LogP contribution is -2.47.